The maximum atomic E-state index is 12.7. The summed E-state index contributed by atoms with van der Waals surface area (Å²) in [5.41, 5.74) is 3.18. The van der Waals surface area contributed by atoms with Crippen molar-refractivity contribution in [3.63, 3.8) is 0 Å². The lowest BCUT2D eigenvalue weighted by Crippen LogP contribution is -2.13. The van der Waals surface area contributed by atoms with Crippen LogP contribution in [-0.4, -0.2) is 25.5 Å². The van der Waals surface area contributed by atoms with Crippen LogP contribution < -0.4 is 5.32 Å². The first kappa shape index (κ1) is 15.3. The predicted octanol–water partition coefficient (Wildman–Crippen LogP) is 3.70. The third-order valence-electron chi connectivity index (χ3n) is 3.73. The number of carbonyl (C=O) groups excluding carboxylic acids is 1. The second-order valence-electron chi connectivity index (χ2n) is 5.33. The van der Waals surface area contributed by atoms with Gasteiger partial charge in [0.25, 0.3) is 5.91 Å². The molecule has 6 nitrogen and oxygen atoms in total. The van der Waals surface area contributed by atoms with Gasteiger partial charge in [0.2, 0.25) is 0 Å². The normalized spacial score (nSPS) is 10.8. The molecule has 0 unspecified atom stereocenters. The Bertz CT molecular complexity index is 1080. The van der Waals surface area contributed by atoms with Gasteiger partial charge in [0.05, 0.1) is 11.9 Å². The largest absolute Gasteiger partial charge is 0.321 e. The van der Waals surface area contributed by atoms with Gasteiger partial charge in [-0.15, -0.1) is 0 Å². The molecular formula is C18H12ClN5O. The van der Waals surface area contributed by atoms with Crippen molar-refractivity contribution in [1.29, 1.82) is 0 Å². The Morgan fingerprint density at radius 3 is 2.92 bits per heavy atom. The van der Waals surface area contributed by atoms with Gasteiger partial charge >= 0.3 is 0 Å². The number of aromatic nitrogens is 4. The van der Waals surface area contributed by atoms with Gasteiger partial charge in [0, 0.05) is 35.4 Å². The van der Waals surface area contributed by atoms with E-state index in [1.165, 1.54) is 6.20 Å². The molecule has 0 bridgehead atoms. The van der Waals surface area contributed by atoms with E-state index in [4.69, 9.17) is 11.6 Å². The zero-order chi connectivity index (χ0) is 17.2. The maximum Gasteiger partial charge on any atom is 0.261 e. The number of carbonyl (C=O) groups is 1. The maximum absolute atomic E-state index is 12.7. The number of pyridine rings is 1. The van der Waals surface area contributed by atoms with Gasteiger partial charge in [-0.3, -0.25) is 9.78 Å². The molecule has 0 atom stereocenters. The SMILES string of the molecule is O=C(Nc1ccncc1-c1cccc(Cl)c1)c1cnn2cccnc12. The molecular weight excluding hydrogens is 338 g/mol. The highest BCUT2D eigenvalue weighted by molar-refractivity contribution is 6.30. The standard InChI is InChI=1S/C18H12ClN5O/c19-13-4-1-3-12(9-13)14-10-20-7-5-16(14)23-18(25)15-11-22-24-8-2-6-21-17(15)24/h1-11H,(H,20,23,25). The summed E-state index contributed by atoms with van der Waals surface area (Å²) >= 11 is 6.07. The predicted molar refractivity (Wildman–Crippen MR) is 95.6 cm³/mol. The van der Waals surface area contributed by atoms with Crippen LogP contribution in [-0.2, 0) is 0 Å². The number of rotatable bonds is 3. The van der Waals surface area contributed by atoms with Crippen LogP contribution in [0, 0.1) is 0 Å². The molecule has 25 heavy (non-hydrogen) atoms. The zero-order valence-corrected chi connectivity index (χ0v) is 13.7. The van der Waals surface area contributed by atoms with Crippen LogP contribution in [0.4, 0.5) is 5.69 Å². The first-order chi connectivity index (χ1) is 12.2. The Hall–Kier alpha value is -3.25. The number of nitrogens with one attached hydrogen (secondary N) is 1. The number of halogens is 1. The Balaban J connectivity index is 1.71. The summed E-state index contributed by atoms with van der Waals surface area (Å²) < 4.78 is 1.55. The van der Waals surface area contributed by atoms with Crippen molar-refractivity contribution in [1.82, 2.24) is 19.6 Å². The van der Waals surface area contributed by atoms with Gasteiger partial charge in [-0.25, -0.2) is 9.50 Å². The Morgan fingerprint density at radius 1 is 1.12 bits per heavy atom. The van der Waals surface area contributed by atoms with E-state index in [0.29, 0.717) is 21.9 Å². The third-order valence-corrected chi connectivity index (χ3v) is 3.96. The van der Waals surface area contributed by atoms with E-state index < -0.39 is 0 Å². The van der Waals surface area contributed by atoms with Gasteiger partial charge in [-0.1, -0.05) is 23.7 Å². The minimum Gasteiger partial charge on any atom is -0.321 e. The molecule has 1 aromatic carbocycles. The molecule has 0 aliphatic carbocycles. The fourth-order valence-corrected chi connectivity index (χ4v) is 2.76. The first-order valence-electron chi connectivity index (χ1n) is 7.52. The summed E-state index contributed by atoms with van der Waals surface area (Å²) in [6, 6.07) is 10.9. The van der Waals surface area contributed by atoms with E-state index in [0.717, 1.165) is 11.1 Å². The van der Waals surface area contributed by atoms with E-state index in [-0.39, 0.29) is 5.91 Å². The number of benzene rings is 1. The number of hydrogen-bond acceptors (Lipinski definition) is 4. The van der Waals surface area contributed by atoms with Crippen molar-refractivity contribution in [2.75, 3.05) is 5.32 Å². The van der Waals surface area contributed by atoms with Crippen molar-refractivity contribution in [2.45, 2.75) is 0 Å². The Kier molecular flexibility index (Phi) is 3.87. The van der Waals surface area contributed by atoms with Crippen LogP contribution in [0.1, 0.15) is 10.4 Å². The van der Waals surface area contributed by atoms with Gasteiger partial charge in [0.15, 0.2) is 5.65 Å². The summed E-state index contributed by atoms with van der Waals surface area (Å²) in [6.45, 7) is 0. The van der Waals surface area contributed by atoms with Gasteiger partial charge in [-0.05, 0) is 29.8 Å². The molecule has 0 spiro atoms. The number of anilines is 1. The topological polar surface area (TPSA) is 72.2 Å². The molecule has 0 aliphatic rings. The molecule has 0 fully saturated rings. The monoisotopic (exact) mass is 349 g/mol. The van der Waals surface area contributed by atoms with Crippen LogP contribution in [0.25, 0.3) is 16.8 Å². The average molecular weight is 350 g/mol. The van der Waals surface area contributed by atoms with Crippen molar-refractivity contribution < 1.29 is 4.79 Å². The molecule has 0 saturated carbocycles. The van der Waals surface area contributed by atoms with Gasteiger partial charge in [0.1, 0.15) is 5.56 Å². The molecule has 0 radical (unpaired) electrons. The molecule has 1 amide bonds. The summed E-state index contributed by atoms with van der Waals surface area (Å²) in [4.78, 5) is 21.0. The smallest absolute Gasteiger partial charge is 0.261 e. The zero-order valence-electron chi connectivity index (χ0n) is 12.9. The number of amides is 1. The molecule has 0 aliphatic heterocycles. The molecule has 0 saturated heterocycles. The highest BCUT2D eigenvalue weighted by atomic mass is 35.5. The molecule has 1 N–H and O–H groups in total. The van der Waals surface area contributed by atoms with Crippen LogP contribution in [0.3, 0.4) is 0 Å². The fourth-order valence-electron chi connectivity index (χ4n) is 2.57. The van der Waals surface area contributed by atoms with Crippen molar-refractivity contribution in [3.05, 3.63) is 78.0 Å². The lowest BCUT2D eigenvalue weighted by atomic mass is 10.1. The Labute approximate surface area is 148 Å². The van der Waals surface area contributed by atoms with Crippen molar-refractivity contribution in [2.24, 2.45) is 0 Å². The highest BCUT2D eigenvalue weighted by Gasteiger charge is 2.15. The molecule has 7 heteroatoms. The second-order valence-corrected chi connectivity index (χ2v) is 5.77. The molecule has 4 aromatic rings. The van der Waals surface area contributed by atoms with Gasteiger partial charge < -0.3 is 5.32 Å². The first-order valence-corrected chi connectivity index (χ1v) is 7.90. The average Bonchev–Trinajstić information content (AvgIpc) is 3.06. The summed E-state index contributed by atoms with van der Waals surface area (Å²) in [5.74, 6) is -0.289. The summed E-state index contributed by atoms with van der Waals surface area (Å²) in [5, 5.41) is 7.66. The summed E-state index contributed by atoms with van der Waals surface area (Å²) in [7, 11) is 0. The van der Waals surface area contributed by atoms with E-state index in [2.05, 4.69) is 20.4 Å². The minimum absolute atomic E-state index is 0.289. The van der Waals surface area contributed by atoms with Crippen LogP contribution in [0.2, 0.25) is 5.02 Å². The minimum atomic E-state index is -0.289. The number of hydrogen-bond donors (Lipinski definition) is 1. The highest BCUT2D eigenvalue weighted by Crippen LogP contribution is 2.29. The van der Waals surface area contributed by atoms with Crippen molar-refractivity contribution in [3.8, 4) is 11.1 Å². The molecule has 4 rings (SSSR count). The van der Waals surface area contributed by atoms with Crippen LogP contribution >= 0.6 is 11.6 Å². The number of fused-ring (bicyclic) bond motifs is 1. The fraction of sp³-hybridized carbons (Fsp3) is 0. The van der Waals surface area contributed by atoms with Crippen molar-refractivity contribution >= 4 is 28.8 Å². The van der Waals surface area contributed by atoms with Crippen LogP contribution in [0.5, 0.6) is 0 Å². The quantitative estimate of drug-likeness (QED) is 0.612. The molecule has 3 heterocycles. The van der Waals surface area contributed by atoms with E-state index in [1.807, 2.05) is 18.2 Å². The number of nitrogens with zero attached hydrogens (tertiary/aromatic N) is 4. The molecule has 3 aromatic heterocycles. The van der Waals surface area contributed by atoms with Crippen LogP contribution in [0.15, 0.2) is 67.4 Å². The summed E-state index contributed by atoms with van der Waals surface area (Å²) in [6.07, 6.45) is 8.17. The van der Waals surface area contributed by atoms with E-state index in [1.54, 1.807) is 47.5 Å². The van der Waals surface area contributed by atoms with E-state index in [9.17, 15) is 4.79 Å². The second kappa shape index (κ2) is 6.33. The van der Waals surface area contributed by atoms with E-state index >= 15 is 0 Å². The lowest BCUT2D eigenvalue weighted by molar-refractivity contribution is 0.102. The lowest BCUT2D eigenvalue weighted by Gasteiger charge is -2.10. The molecule has 122 valence electrons. The third kappa shape index (κ3) is 2.95. The Morgan fingerprint density at radius 2 is 2.04 bits per heavy atom. The van der Waals surface area contributed by atoms with Gasteiger partial charge in [-0.2, -0.15) is 5.10 Å².